The van der Waals surface area contributed by atoms with E-state index in [1.807, 2.05) is 19.4 Å². The molecule has 4 heterocycles. The van der Waals surface area contributed by atoms with Crippen LogP contribution in [0.2, 0.25) is 0 Å². The molecule has 0 unspecified atom stereocenters. The predicted octanol–water partition coefficient (Wildman–Crippen LogP) is 1.34. The minimum atomic E-state index is -0.589. The first-order valence-electron chi connectivity index (χ1n) is 12.0. The van der Waals surface area contributed by atoms with Crippen LogP contribution in [0.1, 0.15) is 47.7 Å². The number of aromatic nitrogens is 5. The van der Waals surface area contributed by atoms with Crippen LogP contribution in [0.25, 0.3) is 11.2 Å². The van der Waals surface area contributed by atoms with E-state index in [0.717, 1.165) is 31.9 Å². The van der Waals surface area contributed by atoms with Crippen LogP contribution in [0.5, 0.6) is 0 Å². The number of carbonyl (C=O) groups excluding carboxylic acids is 2. The number of nitrogens with zero attached hydrogens (tertiary/aromatic N) is 7. The van der Waals surface area contributed by atoms with Gasteiger partial charge in [-0.3, -0.25) is 9.59 Å². The fraction of sp³-hybridized carbons (Fsp3) is 0.500. The van der Waals surface area contributed by atoms with E-state index >= 15 is 0 Å². The van der Waals surface area contributed by atoms with E-state index < -0.39 is 5.91 Å². The number of likely N-dealkylation sites (N-methyl/N-ethyl adjacent to an activating group) is 1. The number of piperidine rings is 1. The molecule has 3 aromatic heterocycles. The maximum Gasteiger partial charge on any atom is 0.267 e. The molecule has 1 aliphatic carbocycles. The lowest BCUT2D eigenvalue weighted by Crippen LogP contribution is -2.47. The van der Waals surface area contributed by atoms with Gasteiger partial charge in [0.2, 0.25) is 11.9 Å². The Morgan fingerprint density at radius 2 is 1.86 bits per heavy atom. The second kappa shape index (κ2) is 9.95. The fourth-order valence-corrected chi connectivity index (χ4v) is 4.44. The normalized spacial score (nSPS) is 16.5. The molecule has 5 rings (SSSR count). The van der Waals surface area contributed by atoms with Gasteiger partial charge in [-0.05, 0) is 49.3 Å². The zero-order chi connectivity index (χ0) is 24.4. The summed E-state index contributed by atoms with van der Waals surface area (Å²) in [5, 5.41) is 0. The molecule has 1 aliphatic heterocycles. The molecule has 1 saturated heterocycles. The smallest absolute Gasteiger partial charge is 0.267 e. The first kappa shape index (κ1) is 23.2. The molecular formula is C24H30N8O3. The summed E-state index contributed by atoms with van der Waals surface area (Å²) in [5.41, 5.74) is 7.97. The number of hydrogen-bond donors (Lipinski definition) is 1. The van der Waals surface area contributed by atoms with Crippen LogP contribution in [0.3, 0.4) is 0 Å². The topological polar surface area (TPSA) is 132 Å². The van der Waals surface area contributed by atoms with Gasteiger partial charge in [-0.1, -0.05) is 0 Å². The molecule has 0 radical (unpaired) electrons. The Morgan fingerprint density at radius 3 is 2.54 bits per heavy atom. The number of fused-ring (bicyclic) bond motifs is 1. The van der Waals surface area contributed by atoms with E-state index in [-0.39, 0.29) is 24.2 Å². The van der Waals surface area contributed by atoms with E-state index in [1.54, 1.807) is 27.9 Å². The van der Waals surface area contributed by atoms with Crippen LogP contribution in [0.4, 0.5) is 5.95 Å². The molecule has 0 bridgehead atoms. The Labute approximate surface area is 203 Å². The van der Waals surface area contributed by atoms with Gasteiger partial charge in [0.1, 0.15) is 17.8 Å². The Kier molecular flexibility index (Phi) is 6.58. The molecule has 0 atom stereocenters. The first-order valence-corrected chi connectivity index (χ1v) is 12.0. The molecule has 1 saturated carbocycles. The summed E-state index contributed by atoms with van der Waals surface area (Å²) in [6.45, 7) is 2.43. The highest BCUT2D eigenvalue weighted by Gasteiger charge is 2.28. The number of hydrogen-bond acceptors (Lipinski definition) is 8. The van der Waals surface area contributed by atoms with Crippen molar-refractivity contribution in [1.29, 1.82) is 0 Å². The van der Waals surface area contributed by atoms with Crippen molar-refractivity contribution in [3.8, 4) is 0 Å². The first-order chi connectivity index (χ1) is 17.0. The van der Waals surface area contributed by atoms with Crippen LogP contribution in [-0.4, -0.2) is 80.6 Å². The van der Waals surface area contributed by atoms with Crippen LogP contribution < -0.4 is 10.6 Å². The quantitative estimate of drug-likeness (QED) is 0.456. The Hall–Kier alpha value is -3.60. The maximum absolute atomic E-state index is 12.7. The number of nitrogens with two attached hydrogens (primary N) is 1. The fourth-order valence-electron chi connectivity index (χ4n) is 4.44. The predicted molar refractivity (Wildman–Crippen MR) is 129 cm³/mol. The summed E-state index contributed by atoms with van der Waals surface area (Å²) in [7, 11) is 1.84. The van der Waals surface area contributed by atoms with Gasteiger partial charge in [-0.15, -0.1) is 0 Å². The Bertz CT molecular complexity index is 1200. The van der Waals surface area contributed by atoms with Crippen LogP contribution in [0, 0.1) is 0 Å². The minimum absolute atomic E-state index is 0.00898. The average molecular weight is 479 g/mol. The molecule has 0 aromatic carbocycles. The molecule has 2 fully saturated rings. The number of ether oxygens (including phenoxy) is 1. The Balaban J connectivity index is 1.06. The molecule has 35 heavy (non-hydrogen) atoms. The summed E-state index contributed by atoms with van der Waals surface area (Å²) in [6.07, 6.45) is 9.77. The van der Waals surface area contributed by atoms with Gasteiger partial charge in [0.15, 0.2) is 5.65 Å². The van der Waals surface area contributed by atoms with Crippen LogP contribution >= 0.6 is 0 Å². The largest absolute Gasteiger partial charge is 0.370 e. The molecule has 2 aliphatic rings. The van der Waals surface area contributed by atoms with E-state index in [2.05, 4.69) is 24.8 Å². The van der Waals surface area contributed by atoms with Crippen molar-refractivity contribution in [1.82, 2.24) is 29.4 Å². The van der Waals surface area contributed by atoms with Gasteiger partial charge >= 0.3 is 0 Å². The second-order valence-corrected chi connectivity index (χ2v) is 9.21. The number of carbonyl (C=O) groups is 2. The van der Waals surface area contributed by atoms with Crippen LogP contribution in [0.15, 0.2) is 30.9 Å². The molecule has 11 heteroatoms. The van der Waals surface area contributed by atoms with E-state index in [0.29, 0.717) is 30.2 Å². The monoisotopic (exact) mass is 478 g/mol. The van der Waals surface area contributed by atoms with Crippen LogP contribution in [-0.2, 0) is 16.1 Å². The number of anilines is 1. The van der Waals surface area contributed by atoms with E-state index in [1.165, 1.54) is 18.4 Å². The molecular weight excluding hydrogens is 448 g/mol. The minimum Gasteiger partial charge on any atom is -0.370 e. The summed E-state index contributed by atoms with van der Waals surface area (Å²) < 4.78 is 7.43. The average Bonchev–Trinajstić information content (AvgIpc) is 3.66. The van der Waals surface area contributed by atoms with Gasteiger partial charge in [-0.25, -0.2) is 19.9 Å². The van der Waals surface area contributed by atoms with Gasteiger partial charge in [0.05, 0.1) is 12.9 Å². The highest BCUT2D eigenvalue weighted by molar-refractivity contribution is 5.92. The van der Waals surface area contributed by atoms with Crippen molar-refractivity contribution in [2.45, 2.75) is 44.2 Å². The third-order valence-electron chi connectivity index (χ3n) is 6.81. The van der Waals surface area contributed by atoms with Gasteiger partial charge in [-0.2, -0.15) is 0 Å². The molecule has 3 aromatic rings. The van der Waals surface area contributed by atoms with Crippen molar-refractivity contribution in [2.24, 2.45) is 5.73 Å². The number of primary amides is 1. The van der Waals surface area contributed by atoms with Crippen molar-refractivity contribution in [3.63, 3.8) is 0 Å². The molecule has 0 spiro atoms. The number of imidazole rings is 1. The van der Waals surface area contributed by atoms with Crippen molar-refractivity contribution < 1.29 is 14.3 Å². The summed E-state index contributed by atoms with van der Waals surface area (Å²) >= 11 is 0. The molecule has 11 nitrogen and oxygen atoms in total. The lowest BCUT2D eigenvalue weighted by molar-refractivity contribution is -0.137. The lowest BCUT2D eigenvalue weighted by atomic mass is 10.0. The zero-order valence-corrected chi connectivity index (χ0v) is 19.8. The van der Waals surface area contributed by atoms with Crippen molar-refractivity contribution in [2.75, 3.05) is 38.3 Å². The second-order valence-electron chi connectivity index (χ2n) is 9.21. The van der Waals surface area contributed by atoms with Crippen molar-refractivity contribution >= 4 is 28.9 Å². The lowest BCUT2D eigenvalue weighted by Gasteiger charge is -2.36. The zero-order valence-electron chi connectivity index (χ0n) is 19.8. The summed E-state index contributed by atoms with van der Waals surface area (Å²) in [4.78, 5) is 45.7. The molecule has 2 amide bonds. The van der Waals surface area contributed by atoms with Gasteiger partial charge in [0.25, 0.3) is 5.91 Å². The van der Waals surface area contributed by atoms with E-state index in [9.17, 15) is 9.59 Å². The third-order valence-corrected chi connectivity index (χ3v) is 6.81. The van der Waals surface area contributed by atoms with E-state index in [4.69, 9.17) is 10.5 Å². The maximum atomic E-state index is 12.7. The summed E-state index contributed by atoms with van der Waals surface area (Å²) in [6, 6.07) is 3.43. The number of pyridine rings is 1. The highest BCUT2D eigenvalue weighted by Crippen LogP contribution is 2.39. The van der Waals surface area contributed by atoms with Crippen molar-refractivity contribution in [3.05, 3.63) is 42.1 Å². The summed E-state index contributed by atoms with van der Waals surface area (Å²) in [5.74, 6) is 0.796. The highest BCUT2D eigenvalue weighted by atomic mass is 16.5. The third kappa shape index (κ3) is 5.24. The Morgan fingerprint density at radius 1 is 1.11 bits per heavy atom. The SMILES string of the molecule is CN(C(=O)COCCn1cnc2ccc(C(N)=O)nc21)C1CCN(c2ncc(C3CC3)cn2)CC1. The van der Waals surface area contributed by atoms with Gasteiger partial charge in [0, 0.05) is 45.1 Å². The number of amides is 2. The molecule has 184 valence electrons. The molecule has 2 N–H and O–H groups in total. The van der Waals surface area contributed by atoms with Gasteiger partial charge < -0.3 is 24.8 Å². The number of rotatable bonds is 9. The standard InChI is InChI=1S/C24H30N8O3/c1-30(18-6-8-31(9-7-18)24-26-12-17(13-27-24)16-2-3-16)21(33)14-35-11-10-32-15-28-20-5-4-19(22(25)34)29-23(20)32/h4-5,12-13,15-16,18H,2-3,6-11,14H2,1H3,(H2,25,34).